The van der Waals surface area contributed by atoms with Crippen LogP contribution in [0.25, 0.3) is 0 Å². The molecule has 2 rings (SSSR count). The van der Waals surface area contributed by atoms with Crippen LogP contribution in [0.15, 0.2) is 0 Å². The van der Waals surface area contributed by atoms with Gasteiger partial charge in [-0.2, -0.15) is 0 Å². The van der Waals surface area contributed by atoms with E-state index >= 15 is 0 Å². The summed E-state index contributed by atoms with van der Waals surface area (Å²) in [5.74, 6) is 0.755. The Morgan fingerprint density at radius 3 is 2.69 bits per heavy atom. The second-order valence-electron chi connectivity index (χ2n) is 5.23. The molecule has 3 nitrogen and oxygen atoms in total. The van der Waals surface area contributed by atoms with Gasteiger partial charge in [-0.1, -0.05) is 19.3 Å². The number of β-amino-alcohol motifs (C(OH)–C–C–N with tert-alkyl or cyclic N) is 1. The van der Waals surface area contributed by atoms with Crippen molar-refractivity contribution >= 4 is 0 Å². The van der Waals surface area contributed by atoms with Crippen molar-refractivity contribution in [2.75, 3.05) is 26.3 Å². The fourth-order valence-electron chi connectivity index (χ4n) is 3.29. The standard InChI is InChI=1S/C13H25NO2/c1-11-13(12-5-3-2-4-6-12)16-10-8-14(11)7-9-15/h11-13,15H,2-10H2,1H3/t11-,13-/m0/s1. The molecule has 1 saturated carbocycles. The van der Waals surface area contributed by atoms with E-state index in [9.17, 15) is 0 Å². The summed E-state index contributed by atoms with van der Waals surface area (Å²) in [5, 5.41) is 9.05. The van der Waals surface area contributed by atoms with E-state index in [1.165, 1.54) is 32.1 Å². The number of ether oxygens (including phenoxy) is 1. The normalized spacial score (nSPS) is 34.1. The second kappa shape index (κ2) is 5.99. The predicted octanol–water partition coefficient (Wildman–Crippen LogP) is 1.65. The molecule has 0 aromatic heterocycles. The van der Waals surface area contributed by atoms with E-state index in [-0.39, 0.29) is 6.61 Å². The molecule has 1 aliphatic heterocycles. The minimum Gasteiger partial charge on any atom is -0.395 e. The van der Waals surface area contributed by atoms with Crippen LogP contribution in [0.4, 0.5) is 0 Å². The zero-order valence-corrected chi connectivity index (χ0v) is 10.4. The Balaban J connectivity index is 1.91. The molecule has 1 saturated heterocycles. The van der Waals surface area contributed by atoms with Crippen molar-refractivity contribution in [2.24, 2.45) is 5.92 Å². The first kappa shape index (κ1) is 12.3. The second-order valence-corrected chi connectivity index (χ2v) is 5.23. The van der Waals surface area contributed by atoms with E-state index in [1.54, 1.807) is 0 Å². The first-order chi connectivity index (χ1) is 7.83. The average Bonchev–Trinajstić information content (AvgIpc) is 2.33. The maximum absolute atomic E-state index is 9.05. The SMILES string of the molecule is C[C@H]1[C@@H](C2CCCCC2)OCCN1CCO. The van der Waals surface area contributed by atoms with Crippen LogP contribution in [-0.2, 0) is 4.74 Å². The first-order valence-electron chi connectivity index (χ1n) is 6.79. The maximum atomic E-state index is 9.05. The molecule has 0 aromatic rings. The summed E-state index contributed by atoms with van der Waals surface area (Å²) in [7, 11) is 0. The molecule has 3 heteroatoms. The molecule has 94 valence electrons. The predicted molar refractivity (Wildman–Crippen MR) is 64.4 cm³/mol. The third-order valence-electron chi connectivity index (χ3n) is 4.24. The number of rotatable bonds is 3. The van der Waals surface area contributed by atoms with Gasteiger partial charge >= 0.3 is 0 Å². The highest BCUT2D eigenvalue weighted by Gasteiger charge is 2.34. The fourth-order valence-corrected chi connectivity index (χ4v) is 3.29. The number of aliphatic hydroxyl groups is 1. The van der Waals surface area contributed by atoms with Gasteiger partial charge in [0, 0.05) is 19.1 Å². The minimum atomic E-state index is 0.266. The molecule has 0 spiro atoms. The summed E-state index contributed by atoms with van der Waals surface area (Å²) >= 11 is 0. The number of hydrogen-bond acceptors (Lipinski definition) is 3. The first-order valence-corrected chi connectivity index (χ1v) is 6.79. The van der Waals surface area contributed by atoms with Crippen LogP contribution in [-0.4, -0.2) is 48.5 Å². The minimum absolute atomic E-state index is 0.266. The van der Waals surface area contributed by atoms with Gasteiger partial charge in [0.15, 0.2) is 0 Å². The number of hydrogen-bond donors (Lipinski definition) is 1. The summed E-state index contributed by atoms with van der Waals surface area (Å²) in [5.41, 5.74) is 0. The smallest absolute Gasteiger partial charge is 0.0756 e. The lowest BCUT2D eigenvalue weighted by Gasteiger charge is -2.43. The Labute approximate surface area is 98.8 Å². The van der Waals surface area contributed by atoms with Crippen molar-refractivity contribution in [3.8, 4) is 0 Å². The van der Waals surface area contributed by atoms with E-state index in [0.717, 1.165) is 25.6 Å². The Bertz CT molecular complexity index is 202. The fraction of sp³-hybridized carbons (Fsp3) is 1.00. The molecular formula is C13H25NO2. The van der Waals surface area contributed by atoms with Crippen LogP contribution >= 0.6 is 0 Å². The Morgan fingerprint density at radius 1 is 1.25 bits per heavy atom. The van der Waals surface area contributed by atoms with Gasteiger partial charge in [0.25, 0.3) is 0 Å². The van der Waals surface area contributed by atoms with Crippen molar-refractivity contribution in [1.29, 1.82) is 0 Å². The van der Waals surface area contributed by atoms with Gasteiger partial charge in [0.05, 0.1) is 19.3 Å². The summed E-state index contributed by atoms with van der Waals surface area (Å²) in [4.78, 5) is 2.38. The Kier molecular flexibility index (Phi) is 4.62. The molecule has 1 heterocycles. The molecule has 0 amide bonds. The van der Waals surface area contributed by atoms with E-state index < -0.39 is 0 Å². The third-order valence-corrected chi connectivity index (χ3v) is 4.24. The quantitative estimate of drug-likeness (QED) is 0.795. The van der Waals surface area contributed by atoms with Crippen LogP contribution < -0.4 is 0 Å². The molecule has 0 unspecified atom stereocenters. The number of nitrogens with zero attached hydrogens (tertiary/aromatic N) is 1. The molecule has 1 N–H and O–H groups in total. The molecule has 1 aliphatic carbocycles. The van der Waals surface area contributed by atoms with Gasteiger partial charge < -0.3 is 9.84 Å². The number of aliphatic hydroxyl groups excluding tert-OH is 1. The van der Waals surface area contributed by atoms with Crippen molar-refractivity contribution in [3.63, 3.8) is 0 Å². The molecule has 0 bridgehead atoms. The lowest BCUT2D eigenvalue weighted by molar-refractivity contribution is -0.0999. The lowest BCUT2D eigenvalue weighted by Crippen LogP contribution is -2.53. The molecule has 16 heavy (non-hydrogen) atoms. The van der Waals surface area contributed by atoms with E-state index in [2.05, 4.69) is 11.8 Å². The van der Waals surface area contributed by atoms with Gasteiger partial charge in [0.1, 0.15) is 0 Å². The molecule has 2 atom stereocenters. The zero-order valence-electron chi connectivity index (χ0n) is 10.4. The van der Waals surface area contributed by atoms with E-state index in [1.807, 2.05) is 0 Å². The van der Waals surface area contributed by atoms with Crippen LogP contribution in [0.2, 0.25) is 0 Å². The van der Waals surface area contributed by atoms with Crippen LogP contribution in [0.3, 0.4) is 0 Å². The molecule has 2 fully saturated rings. The van der Waals surface area contributed by atoms with Gasteiger partial charge in [-0.15, -0.1) is 0 Å². The van der Waals surface area contributed by atoms with Crippen molar-refractivity contribution in [2.45, 2.75) is 51.2 Å². The Hall–Kier alpha value is -0.120. The Morgan fingerprint density at radius 2 is 2.00 bits per heavy atom. The van der Waals surface area contributed by atoms with Crippen LogP contribution in [0.5, 0.6) is 0 Å². The van der Waals surface area contributed by atoms with Gasteiger partial charge in [-0.25, -0.2) is 0 Å². The molecule has 0 radical (unpaired) electrons. The van der Waals surface area contributed by atoms with Crippen molar-refractivity contribution < 1.29 is 9.84 Å². The van der Waals surface area contributed by atoms with Crippen LogP contribution in [0, 0.1) is 5.92 Å². The molecule has 2 aliphatic rings. The largest absolute Gasteiger partial charge is 0.395 e. The average molecular weight is 227 g/mol. The summed E-state index contributed by atoms with van der Waals surface area (Å²) < 4.78 is 5.98. The molecule has 0 aromatic carbocycles. The van der Waals surface area contributed by atoms with Crippen molar-refractivity contribution in [3.05, 3.63) is 0 Å². The van der Waals surface area contributed by atoms with Gasteiger partial charge in [-0.05, 0) is 25.7 Å². The molecular weight excluding hydrogens is 202 g/mol. The highest BCUT2D eigenvalue weighted by molar-refractivity contribution is 4.86. The van der Waals surface area contributed by atoms with Crippen molar-refractivity contribution in [1.82, 2.24) is 4.90 Å². The third kappa shape index (κ3) is 2.76. The lowest BCUT2D eigenvalue weighted by atomic mass is 9.82. The highest BCUT2D eigenvalue weighted by Crippen LogP contribution is 2.32. The monoisotopic (exact) mass is 227 g/mol. The van der Waals surface area contributed by atoms with Crippen LogP contribution in [0.1, 0.15) is 39.0 Å². The maximum Gasteiger partial charge on any atom is 0.0756 e. The topological polar surface area (TPSA) is 32.7 Å². The van der Waals surface area contributed by atoms with E-state index in [4.69, 9.17) is 9.84 Å². The summed E-state index contributed by atoms with van der Waals surface area (Å²) in [6.07, 6.45) is 7.22. The zero-order chi connectivity index (χ0) is 11.4. The van der Waals surface area contributed by atoms with E-state index in [0.29, 0.717) is 12.1 Å². The highest BCUT2D eigenvalue weighted by atomic mass is 16.5. The van der Waals surface area contributed by atoms with Gasteiger partial charge in [-0.3, -0.25) is 4.90 Å². The number of morpholine rings is 1. The summed E-state index contributed by atoms with van der Waals surface area (Å²) in [6.45, 7) is 5.14. The van der Waals surface area contributed by atoms with Gasteiger partial charge in [0.2, 0.25) is 0 Å². The summed E-state index contributed by atoms with van der Waals surface area (Å²) in [6, 6.07) is 0.476.